The number of hydrogen-bond donors (Lipinski definition) is 2. The molecule has 0 unspecified atom stereocenters. The van der Waals surface area contributed by atoms with Gasteiger partial charge in [-0.2, -0.15) is 9.49 Å². The van der Waals surface area contributed by atoms with E-state index >= 15 is 0 Å². The molecule has 3 heterocycles. The van der Waals surface area contributed by atoms with Crippen molar-refractivity contribution in [2.75, 3.05) is 36.5 Å². The molecular weight excluding hydrogens is 405 g/mol. The molecule has 32 heavy (non-hydrogen) atoms. The highest BCUT2D eigenvalue weighted by Crippen LogP contribution is 2.38. The number of H-pyrrole nitrogens is 1. The molecule has 2 aliphatic rings. The third kappa shape index (κ3) is 4.48. The van der Waals surface area contributed by atoms with E-state index < -0.39 is 5.95 Å². The van der Waals surface area contributed by atoms with Crippen molar-refractivity contribution < 1.29 is 9.13 Å². The molecule has 168 valence electrons. The molecule has 1 aromatic carbocycles. The second kappa shape index (κ2) is 8.54. The van der Waals surface area contributed by atoms with Gasteiger partial charge in [-0.15, -0.1) is 0 Å². The van der Waals surface area contributed by atoms with Gasteiger partial charge in [0.2, 0.25) is 5.95 Å². The molecule has 7 heteroatoms. The molecule has 0 bridgehead atoms. The first-order valence-corrected chi connectivity index (χ1v) is 11.4. The molecule has 0 saturated carbocycles. The molecular formula is C25H30FN5O. The fraction of sp³-hybridized carbons (Fsp3) is 0.440. The Morgan fingerprint density at radius 3 is 2.88 bits per heavy atom. The SMILES string of the molecule is CC1(C)CCc2c(-c3cc(F)nc(NCc4cccc(N5CCOCC5)c4)c3)n[nH]c2C1. The number of aromatic nitrogens is 3. The van der Waals surface area contributed by atoms with Crippen LogP contribution in [0.15, 0.2) is 36.4 Å². The third-order valence-corrected chi connectivity index (χ3v) is 6.49. The molecule has 5 rings (SSSR count). The number of aromatic amines is 1. The zero-order chi connectivity index (χ0) is 22.1. The highest BCUT2D eigenvalue weighted by atomic mass is 19.1. The minimum absolute atomic E-state index is 0.267. The first-order valence-electron chi connectivity index (χ1n) is 11.4. The van der Waals surface area contributed by atoms with Crippen LogP contribution in [0.2, 0.25) is 0 Å². The Hall–Kier alpha value is -2.93. The van der Waals surface area contributed by atoms with E-state index in [0.29, 0.717) is 12.4 Å². The van der Waals surface area contributed by atoms with Crippen molar-refractivity contribution in [1.29, 1.82) is 0 Å². The number of rotatable bonds is 5. The van der Waals surface area contributed by atoms with E-state index in [1.165, 1.54) is 23.0 Å². The summed E-state index contributed by atoms with van der Waals surface area (Å²) in [6.07, 6.45) is 3.02. The number of benzene rings is 1. The van der Waals surface area contributed by atoms with Crippen molar-refractivity contribution in [3.8, 4) is 11.3 Å². The molecule has 2 aromatic heterocycles. The maximum Gasteiger partial charge on any atom is 0.215 e. The monoisotopic (exact) mass is 435 g/mol. The maximum absolute atomic E-state index is 14.4. The molecule has 1 fully saturated rings. The van der Waals surface area contributed by atoms with Gasteiger partial charge in [0.15, 0.2) is 0 Å². The second-order valence-electron chi connectivity index (χ2n) is 9.56. The fourth-order valence-electron chi connectivity index (χ4n) is 4.69. The van der Waals surface area contributed by atoms with Crippen molar-refractivity contribution in [2.24, 2.45) is 5.41 Å². The Labute approximate surface area is 188 Å². The normalized spacial score (nSPS) is 17.8. The Balaban J connectivity index is 1.33. The van der Waals surface area contributed by atoms with E-state index in [4.69, 9.17) is 4.74 Å². The van der Waals surface area contributed by atoms with Gasteiger partial charge < -0.3 is 15.0 Å². The van der Waals surface area contributed by atoms with Crippen molar-refractivity contribution in [1.82, 2.24) is 15.2 Å². The zero-order valence-corrected chi connectivity index (χ0v) is 18.7. The molecule has 1 aliphatic carbocycles. The quantitative estimate of drug-likeness (QED) is 0.575. The molecule has 3 aromatic rings. The molecule has 6 nitrogen and oxygen atoms in total. The standard InChI is InChI=1S/C25H30FN5O/c1-25(2)7-6-20-21(15-25)29-30-24(20)18-13-22(26)28-23(14-18)27-16-17-4-3-5-19(12-17)31-8-10-32-11-9-31/h3-5,12-14H,6-11,15-16H2,1-2H3,(H,27,28)(H,29,30). The lowest BCUT2D eigenvalue weighted by atomic mass is 9.76. The van der Waals surface area contributed by atoms with Gasteiger partial charge >= 0.3 is 0 Å². The summed E-state index contributed by atoms with van der Waals surface area (Å²) in [5.41, 5.74) is 6.56. The summed E-state index contributed by atoms with van der Waals surface area (Å²) in [5, 5.41) is 11.0. The average molecular weight is 436 g/mol. The molecule has 0 radical (unpaired) electrons. The molecule has 0 atom stereocenters. The summed E-state index contributed by atoms with van der Waals surface area (Å²) < 4.78 is 19.8. The smallest absolute Gasteiger partial charge is 0.215 e. The van der Waals surface area contributed by atoms with E-state index in [1.54, 1.807) is 0 Å². The third-order valence-electron chi connectivity index (χ3n) is 6.49. The van der Waals surface area contributed by atoms with Gasteiger partial charge in [0.25, 0.3) is 0 Å². The number of morpholine rings is 1. The van der Waals surface area contributed by atoms with E-state index in [-0.39, 0.29) is 5.41 Å². The van der Waals surface area contributed by atoms with Crippen molar-refractivity contribution in [2.45, 2.75) is 39.7 Å². The van der Waals surface area contributed by atoms with Gasteiger partial charge in [-0.3, -0.25) is 5.10 Å². The van der Waals surface area contributed by atoms with Crippen LogP contribution in [0.1, 0.15) is 37.1 Å². The highest BCUT2D eigenvalue weighted by molar-refractivity contribution is 5.67. The molecule has 1 aliphatic heterocycles. The molecule has 0 spiro atoms. The van der Waals surface area contributed by atoms with E-state index in [0.717, 1.165) is 62.4 Å². The number of hydrogen-bond acceptors (Lipinski definition) is 5. The summed E-state index contributed by atoms with van der Waals surface area (Å²) in [6.45, 7) is 8.44. The van der Waals surface area contributed by atoms with Gasteiger partial charge in [0, 0.05) is 48.2 Å². The Morgan fingerprint density at radius 1 is 1.19 bits per heavy atom. The van der Waals surface area contributed by atoms with E-state index in [2.05, 4.69) is 63.5 Å². The van der Waals surface area contributed by atoms with Crippen LogP contribution in [0.25, 0.3) is 11.3 Å². The van der Waals surface area contributed by atoms with Crippen LogP contribution in [0.4, 0.5) is 15.9 Å². The summed E-state index contributed by atoms with van der Waals surface area (Å²) >= 11 is 0. The summed E-state index contributed by atoms with van der Waals surface area (Å²) in [7, 11) is 0. The predicted octanol–water partition coefficient (Wildman–Crippen LogP) is 4.57. The largest absolute Gasteiger partial charge is 0.378 e. The average Bonchev–Trinajstić information content (AvgIpc) is 3.20. The van der Waals surface area contributed by atoms with Gasteiger partial charge in [-0.05, 0) is 48.4 Å². The number of nitrogens with one attached hydrogen (secondary N) is 2. The first-order chi connectivity index (χ1) is 15.5. The minimum atomic E-state index is -0.500. The molecule has 0 amide bonds. The number of pyridine rings is 1. The number of nitrogens with zero attached hydrogens (tertiary/aromatic N) is 3. The summed E-state index contributed by atoms with van der Waals surface area (Å²) in [6, 6.07) is 11.8. The highest BCUT2D eigenvalue weighted by Gasteiger charge is 2.29. The van der Waals surface area contributed by atoms with Gasteiger partial charge in [0.1, 0.15) is 5.82 Å². The first kappa shape index (κ1) is 20.9. The van der Waals surface area contributed by atoms with Crippen LogP contribution in [0.5, 0.6) is 0 Å². The summed E-state index contributed by atoms with van der Waals surface area (Å²) in [5.74, 6) is 0.0182. The fourth-order valence-corrected chi connectivity index (χ4v) is 4.69. The van der Waals surface area contributed by atoms with Gasteiger partial charge in [-0.1, -0.05) is 26.0 Å². The van der Waals surface area contributed by atoms with E-state index in [1.807, 2.05) is 6.07 Å². The van der Waals surface area contributed by atoms with Crippen LogP contribution in [-0.2, 0) is 24.1 Å². The lowest BCUT2D eigenvalue weighted by molar-refractivity contribution is 0.122. The predicted molar refractivity (Wildman–Crippen MR) is 124 cm³/mol. The second-order valence-corrected chi connectivity index (χ2v) is 9.56. The molecule has 1 saturated heterocycles. The number of ether oxygens (including phenoxy) is 1. The van der Waals surface area contributed by atoms with E-state index in [9.17, 15) is 4.39 Å². The zero-order valence-electron chi connectivity index (χ0n) is 18.7. The van der Waals surface area contributed by atoms with Crippen LogP contribution in [0.3, 0.4) is 0 Å². The van der Waals surface area contributed by atoms with Crippen LogP contribution in [-0.4, -0.2) is 41.5 Å². The Kier molecular flexibility index (Phi) is 5.59. The topological polar surface area (TPSA) is 66.1 Å². The number of fused-ring (bicyclic) bond motifs is 1. The van der Waals surface area contributed by atoms with Crippen molar-refractivity contribution >= 4 is 11.5 Å². The summed E-state index contributed by atoms with van der Waals surface area (Å²) in [4.78, 5) is 6.39. The lowest BCUT2D eigenvalue weighted by Gasteiger charge is -2.29. The van der Waals surface area contributed by atoms with Gasteiger partial charge in [-0.25, -0.2) is 4.98 Å². The number of anilines is 2. The van der Waals surface area contributed by atoms with Gasteiger partial charge in [0.05, 0.1) is 18.9 Å². The maximum atomic E-state index is 14.4. The van der Waals surface area contributed by atoms with Crippen molar-refractivity contribution in [3.05, 3.63) is 59.2 Å². The Morgan fingerprint density at radius 2 is 2.03 bits per heavy atom. The van der Waals surface area contributed by atoms with Crippen LogP contribution < -0.4 is 10.2 Å². The minimum Gasteiger partial charge on any atom is -0.378 e. The Bertz CT molecular complexity index is 1100. The van der Waals surface area contributed by atoms with Crippen LogP contribution in [0, 0.1) is 11.4 Å². The van der Waals surface area contributed by atoms with Crippen molar-refractivity contribution in [3.63, 3.8) is 0 Å². The lowest BCUT2D eigenvalue weighted by Crippen LogP contribution is -2.36. The molecule has 2 N–H and O–H groups in total. The number of halogens is 1. The van der Waals surface area contributed by atoms with Crippen LogP contribution >= 0.6 is 0 Å².